The third-order valence-electron chi connectivity index (χ3n) is 5.46. The minimum atomic E-state index is -3.42. The second-order valence-electron chi connectivity index (χ2n) is 7.40. The molecule has 0 unspecified atom stereocenters. The molecule has 7 nitrogen and oxygen atoms in total. The van der Waals surface area contributed by atoms with Crippen LogP contribution in [0.25, 0.3) is 0 Å². The zero-order chi connectivity index (χ0) is 19.9. The van der Waals surface area contributed by atoms with E-state index in [0.29, 0.717) is 18.8 Å². The van der Waals surface area contributed by atoms with Crippen molar-refractivity contribution in [3.63, 3.8) is 0 Å². The minimum Gasteiger partial charge on any atom is -0.496 e. The van der Waals surface area contributed by atoms with Gasteiger partial charge in [-0.15, -0.1) is 0 Å². The number of carbonyl (C=O) groups excluding carboxylic acids is 1. The maximum atomic E-state index is 13.3. The van der Waals surface area contributed by atoms with E-state index in [0.717, 1.165) is 24.1 Å². The standard InChI is InChI=1S/C20H25N3O4S/c1-27-18-8-4-3-6-16(18)20-17-7-5-11-21(17)12-13-22(20)19(24)14-23(15-9-10-15)28(2,25)26/h3-8,11,15,20H,9-10,12-14H2,1-2H3/t20-/m0/s1. The van der Waals surface area contributed by atoms with Crippen LogP contribution in [0.5, 0.6) is 5.75 Å². The number of carbonyl (C=O) groups is 1. The Morgan fingerprint density at radius 3 is 2.61 bits per heavy atom. The van der Waals surface area contributed by atoms with Gasteiger partial charge < -0.3 is 14.2 Å². The van der Waals surface area contributed by atoms with Crippen LogP contribution in [-0.2, 0) is 21.4 Å². The molecule has 1 saturated carbocycles. The first-order chi connectivity index (χ1) is 13.4. The van der Waals surface area contributed by atoms with Gasteiger partial charge in [-0.05, 0) is 31.0 Å². The molecule has 1 amide bonds. The smallest absolute Gasteiger partial charge is 0.238 e. The lowest BCUT2D eigenvalue weighted by Gasteiger charge is -2.38. The molecule has 8 heteroatoms. The number of sulfonamides is 1. The van der Waals surface area contributed by atoms with Crippen LogP contribution >= 0.6 is 0 Å². The van der Waals surface area contributed by atoms with Crippen molar-refractivity contribution >= 4 is 15.9 Å². The van der Waals surface area contributed by atoms with E-state index in [1.54, 1.807) is 12.0 Å². The van der Waals surface area contributed by atoms with Gasteiger partial charge in [-0.2, -0.15) is 4.31 Å². The van der Waals surface area contributed by atoms with E-state index >= 15 is 0 Å². The molecule has 0 radical (unpaired) electrons. The van der Waals surface area contributed by atoms with Gasteiger partial charge in [-0.25, -0.2) is 8.42 Å². The molecule has 4 rings (SSSR count). The van der Waals surface area contributed by atoms with E-state index in [4.69, 9.17) is 4.74 Å². The molecule has 0 spiro atoms. The van der Waals surface area contributed by atoms with Gasteiger partial charge in [-0.3, -0.25) is 4.79 Å². The van der Waals surface area contributed by atoms with Crippen LogP contribution in [0.2, 0.25) is 0 Å². The van der Waals surface area contributed by atoms with Gasteiger partial charge in [0.05, 0.1) is 19.9 Å². The topological polar surface area (TPSA) is 71.8 Å². The molecule has 2 heterocycles. The molecule has 1 aliphatic carbocycles. The lowest BCUT2D eigenvalue weighted by Crippen LogP contribution is -2.48. The second-order valence-corrected chi connectivity index (χ2v) is 9.33. The summed E-state index contributed by atoms with van der Waals surface area (Å²) in [4.78, 5) is 15.1. The predicted octanol–water partition coefficient (Wildman–Crippen LogP) is 1.85. The number of para-hydroxylation sites is 1. The van der Waals surface area contributed by atoms with E-state index in [1.807, 2.05) is 42.6 Å². The van der Waals surface area contributed by atoms with E-state index in [2.05, 4.69) is 4.57 Å². The summed E-state index contributed by atoms with van der Waals surface area (Å²) in [6.07, 6.45) is 4.82. The summed E-state index contributed by atoms with van der Waals surface area (Å²) in [6.45, 7) is 1.09. The average Bonchev–Trinajstić information content (AvgIpc) is 3.39. The van der Waals surface area contributed by atoms with E-state index < -0.39 is 10.0 Å². The van der Waals surface area contributed by atoms with E-state index in [-0.39, 0.29) is 24.5 Å². The summed E-state index contributed by atoms with van der Waals surface area (Å²) in [5.41, 5.74) is 1.90. The Kier molecular flexibility index (Phi) is 4.93. The summed E-state index contributed by atoms with van der Waals surface area (Å²) in [5.74, 6) is 0.530. The molecule has 0 saturated heterocycles. The monoisotopic (exact) mass is 403 g/mol. The highest BCUT2D eigenvalue weighted by molar-refractivity contribution is 7.88. The number of ether oxygens (including phenoxy) is 1. The van der Waals surface area contributed by atoms with Crippen LogP contribution in [0.3, 0.4) is 0 Å². The molecule has 1 aromatic heterocycles. The molecule has 1 aliphatic heterocycles. The maximum Gasteiger partial charge on any atom is 0.238 e. The fourth-order valence-electron chi connectivity index (χ4n) is 3.98. The van der Waals surface area contributed by atoms with Gasteiger partial charge in [0.2, 0.25) is 15.9 Å². The number of aromatic nitrogens is 1. The number of methoxy groups -OCH3 is 1. The molecule has 28 heavy (non-hydrogen) atoms. The minimum absolute atomic E-state index is 0.0442. The van der Waals surface area contributed by atoms with Crippen LogP contribution in [0.15, 0.2) is 42.6 Å². The Balaban J connectivity index is 1.70. The number of benzene rings is 1. The van der Waals surface area contributed by atoms with Crippen molar-refractivity contribution < 1.29 is 17.9 Å². The summed E-state index contributed by atoms with van der Waals surface area (Å²) >= 11 is 0. The van der Waals surface area contributed by atoms with Crippen molar-refractivity contribution in [2.45, 2.75) is 31.5 Å². The number of amides is 1. The Hall–Kier alpha value is -2.32. The summed E-state index contributed by atoms with van der Waals surface area (Å²) in [7, 11) is -1.81. The molecule has 1 atom stereocenters. The fraction of sp³-hybridized carbons (Fsp3) is 0.450. The third kappa shape index (κ3) is 3.54. The molecule has 1 aromatic carbocycles. The van der Waals surface area contributed by atoms with Gasteiger partial charge in [0, 0.05) is 36.6 Å². The number of hydrogen-bond donors (Lipinski definition) is 0. The molecule has 0 bridgehead atoms. The summed E-state index contributed by atoms with van der Waals surface area (Å²) in [6, 6.07) is 11.3. The molecule has 2 aliphatic rings. The van der Waals surface area contributed by atoms with Crippen molar-refractivity contribution in [3.8, 4) is 5.75 Å². The van der Waals surface area contributed by atoms with Gasteiger partial charge in [0.15, 0.2) is 0 Å². The molecule has 0 N–H and O–H groups in total. The SMILES string of the molecule is COc1ccccc1[C@H]1c2cccn2CCN1C(=O)CN(C1CC1)S(C)(=O)=O. The lowest BCUT2D eigenvalue weighted by molar-refractivity contribution is -0.134. The highest BCUT2D eigenvalue weighted by atomic mass is 32.2. The molecular formula is C20H25N3O4S. The zero-order valence-electron chi connectivity index (χ0n) is 16.1. The van der Waals surface area contributed by atoms with Crippen molar-refractivity contribution in [3.05, 3.63) is 53.9 Å². The summed E-state index contributed by atoms with van der Waals surface area (Å²) in [5, 5.41) is 0. The van der Waals surface area contributed by atoms with Crippen molar-refractivity contribution in [1.82, 2.24) is 13.8 Å². The second kappa shape index (κ2) is 7.25. The Labute approximate surface area is 165 Å². The van der Waals surface area contributed by atoms with Gasteiger partial charge >= 0.3 is 0 Å². The number of rotatable bonds is 6. The first-order valence-corrected chi connectivity index (χ1v) is 11.3. The molecule has 150 valence electrons. The van der Waals surface area contributed by atoms with Gasteiger partial charge in [-0.1, -0.05) is 18.2 Å². The predicted molar refractivity (Wildman–Crippen MR) is 106 cm³/mol. The number of hydrogen-bond acceptors (Lipinski definition) is 4. The molecule has 1 fully saturated rings. The quantitative estimate of drug-likeness (QED) is 0.738. The van der Waals surface area contributed by atoms with Crippen LogP contribution in [0, 0.1) is 0 Å². The van der Waals surface area contributed by atoms with Gasteiger partial charge in [0.25, 0.3) is 0 Å². The summed E-state index contributed by atoms with van der Waals surface area (Å²) < 4.78 is 33.4. The Morgan fingerprint density at radius 2 is 1.93 bits per heavy atom. The first-order valence-electron chi connectivity index (χ1n) is 9.44. The van der Waals surface area contributed by atoms with E-state index in [9.17, 15) is 13.2 Å². The highest BCUT2D eigenvalue weighted by Gasteiger charge is 2.40. The highest BCUT2D eigenvalue weighted by Crippen LogP contribution is 2.37. The maximum absolute atomic E-state index is 13.3. The van der Waals surface area contributed by atoms with Crippen LogP contribution in [-0.4, -0.2) is 60.6 Å². The fourth-order valence-corrected chi connectivity index (χ4v) is 5.07. The largest absolute Gasteiger partial charge is 0.496 e. The normalized spacial score (nSPS) is 19.5. The average molecular weight is 404 g/mol. The Bertz CT molecular complexity index is 981. The Morgan fingerprint density at radius 1 is 1.18 bits per heavy atom. The van der Waals surface area contributed by atoms with Crippen molar-refractivity contribution in [2.24, 2.45) is 0 Å². The van der Waals surface area contributed by atoms with Crippen LogP contribution in [0.1, 0.15) is 30.1 Å². The zero-order valence-corrected chi connectivity index (χ0v) is 16.9. The molecule has 2 aromatic rings. The van der Waals surface area contributed by atoms with Crippen LogP contribution in [0.4, 0.5) is 0 Å². The van der Waals surface area contributed by atoms with Crippen molar-refractivity contribution in [2.75, 3.05) is 26.5 Å². The van der Waals surface area contributed by atoms with E-state index in [1.165, 1.54) is 10.6 Å². The van der Waals surface area contributed by atoms with Crippen LogP contribution < -0.4 is 4.74 Å². The lowest BCUT2D eigenvalue weighted by atomic mass is 9.98. The number of nitrogens with zero attached hydrogens (tertiary/aromatic N) is 3. The van der Waals surface area contributed by atoms with Gasteiger partial charge in [0.1, 0.15) is 11.8 Å². The number of fused-ring (bicyclic) bond motifs is 1. The molecular weight excluding hydrogens is 378 g/mol. The first kappa shape index (κ1) is 19.0. The third-order valence-corrected chi connectivity index (χ3v) is 6.74. The van der Waals surface area contributed by atoms with Crippen molar-refractivity contribution in [1.29, 1.82) is 0 Å².